The lowest BCUT2D eigenvalue weighted by Gasteiger charge is -2.09. The van der Waals surface area contributed by atoms with Crippen LogP contribution in [0.2, 0.25) is 5.02 Å². The van der Waals surface area contributed by atoms with E-state index >= 15 is 0 Å². The van der Waals surface area contributed by atoms with Crippen LogP contribution >= 0.6 is 11.6 Å². The fourth-order valence-electron chi connectivity index (χ4n) is 2.32. The number of benzene rings is 2. The molecule has 5 heteroatoms. The summed E-state index contributed by atoms with van der Waals surface area (Å²) in [5.74, 6) is 1.93. The Labute approximate surface area is 139 Å². The molecule has 0 radical (unpaired) electrons. The molecule has 0 fully saturated rings. The van der Waals surface area contributed by atoms with Crippen LogP contribution in [0.25, 0.3) is 11.6 Å². The molecule has 0 N–H and O–H groups in total. The molecule has 0 saturated heterocycles. The Balaban J connectivity index is 2.07. The van der Waals surface area contributed by atoms with Crippen LogP contribution in [0.3, 0.4) is 0 Å². The lowest BCUT2D eigenvalue weighted by molar-refractivity contribution is 0.174. The first-order valence-corrected chi connectivity index (χ1v) is 7.53. The lowest BCUT2D eigenvalue weighted by Crippen LogP contribution is -1.94. The molecule has 0 atom stereocenters. The number of allylic oxidation sites excluding steroid dienone is 1. The molecule has 23 heavy (non-hydrogen) atoms. The van der Waals surface area contributed by atoms with Crippen molar-refractivity contribution in [3.63, 3.8) is 0 Å². The predicted octanol–water partition coefficient (Wildman–Crippen LogP) is 4.53. The molecule has 0 bridgehead atoms. The minimum Gasteiger partial charge on any atom is -0.493 e. The van der Waals surface area contributed by atoms with Gasteiger partial charge in [-0.15, -0.1) is 0 Å². The van der Waals surface area contributed by atoms with Crippen molar-refractivity contribution in [1.82, 2.24) is 0 Å². The van der Waals surface area contributed by atoms with Crippen LogP contribution in [-0.4, -0.2) is 13.4 Å². The molecule has 2 aromatic carbocycles. The first-order valence-electron chi connectivity index (χ1n) is 7.15. The summed E-state index contributed by atoms with van der Waals surface area (Å²) in [6, 6.07) is 13.0. The molecule has 1 aliphatic heterocycles. The topological polar surface area (TPSA) is 51.5 Å². The first kappa shape index (κ1) is 15.3. The summed E-state index contributed by atoms with van der Waals surface area (Å²) in [6.45, 7) is 2.60. The summed E-state index contributed by atoms with van der Waals surface area (Å²) < 4.78 is 16.4. The Kier molecular flexibility index (Phi) is 4.40. The van der Waals surface area contributed by atoms with Crippen LogP contribution in [0.1, 0.15) is 18.1 Å². The van der Waals surface area contributed by atoms with Gasteiger partial charge in [0.2, 0.25) is 6.79 Å². The zero-order valence-corrected chi connectivity index (χ0v) is 13.3. The SMILES string of the molecule is CCOc1cc2c(cc1C=C(C#N)c1cccc(Cl)c1)OCO2. The summed E-state index contributed by atoms with van der Waals surface area (Å²) in [5.41, 5.74) is 2.00. The molecule has 0 unspecified atom stereocenters. The summed E-state index contributed by atoms with van der Waals surface area (Å²) in [6.07, 6.45) is 1.76. The monoisotopic (exact) mass is 327 g/mol. The van der Waals surface area contributed by atoms with Crippen molar-refractivity contribution in [1.29, 1.82) is 5.26 Å². The van der Waals surface area contributed by atoms with E-state index in [-0.39, 0.29) is 6.79 Å². The van der Waals surface area contributed by atoms with Gasteiger partial charge in [0.1, 0.15) is 5.75 Å². The number of halogens is 1. The Morgan fingerprint density at radius 2 is 2.09 bits per heavy atom. The summed E-state index contributed by atoms with van der Waals surface area (Å²) in [7, 11) is 0. The Hall–Kier alpha value is -2.64. The van der Waals surface area contributed by atoms with E-state index < -0.39 is 0 Å². The molecule has 2 aromatic rings. The van der Waals surface area contributed by atoms with E-state index in [2.05, 4.69) is 6.07 Å². The van der Waals surface area contributed by atoms with E-state index in [1.807, 2.05) is 25.1 Å². The van der Waals surface area contributed by atoms with Crippen LogP contribution in [0.5, 0.6) is 17.2 Å². The number of hydrogen-bond acceptors (Lipinski definition) is 4. The highest BCUT2D eigenvalue weighted by Gasteiger charge is 2.17. The first-order chi connectivity index (χ1) is 11.2. The van der Waals surface area contributed by atoms with E-state index in [0.29, 0.717) is 34.5 Å². The van der Waals surface area contributed by atoms with Crippen LogP contribution in [0.4, 0.5) is 0 Å². The number of hydrogen-bond donors (Lipinski definition) is 0. The number of rotatable bonds is 4. The third kappa shape index (κ3) is 3.25. The van der Waals surface area contributed by atoms with Crippen molar-refractivity contribution in [2.75, 3.05) is 13.4 Å². The molecule has 0 aromatic heterocycles. The maximum absolute atomic E-state index is 9.49. The molecule has 0 aliphatic carbocycles. The average Bonchev–Trinajstić information content (AvgIpc) is 3.00. The van der Waals surface area contributed by atoms with Gasteiger partial charge in [-0.1, -0.05) is 23.7 Å². The average molecular weight is 328 g/mol. The van der Waals surface area contributed by atoms with Gasteiger partial charge in [-0.25, -0.2) is 0 Å². The standard InChI is InChI=1S/C18H14ClNO3/c1-2-21-16-9-18-17(22-11-23-18)8-13(16)6-14(10-20)12-4-3-5-15(19)7-12/h3-9H,2,11H2,1H3. The van der Waals surface area contributed by atoms with E-state index in [1.165, 1.54) is 0 Å². The molecule has 0 amide bonds. The van der Waals surface area contributed by atoms with E-state index in [1.54, 1.807) is 24.3 Å². The second kappa shape index (κ2) is 6.64. The summed E-state index contributed by atoms with van der Waals surface area (Å²) in [4.78, 5) is 0. The normalized spacial score (nSPS) is 12.8. The van der Waals surface area contributed by atoms with Gasteiger partial charge in [-0.3, -0.25) is 0 Å². The van der Waals surface area contributed by atoms with Crippen LogP contribution in [-0.2, 0) is 0 Å². The molecule has 116 valence electrons. The van der Waals surface area contributed by atoms with Crippen molar-refractivity contribution >= 4 is 23.3 Å². The highest BCUT2D eigenvalue weighted by molar-refractivity contribution is 6.30. The minimum absolute atomic E-state index is 0.188. The van der Waals surface area contributed by atoms with Gasteiger partial charge < -0.3 is 14.2 Å². The number of nitrogens with zero attached hydrogens (tertiary/aromatic N) is 1. The minimum atomic E-state index is 0.188. The second-order valence-corrected chi connectivity index (χ2v) is 5.29. The highest BCUT2D eigenvalue weighted by atomic mass is 35.5. The van der Waals surface area contributed by atoms with E-state index in [0.717, 1.165) is 11.1 Å². The maximum Gasteiger partial charge on any atom is 0.231 e. The largest absolute Gasteiger partial charge is 0.493 e. The fraction of sp³-hybridized carbons (Fsp3) is 0.167. The predicted molar refractivity (Wildman–Crippen MR) is 88.7 cm³/mol. The smallest absolute Gasteiger partial charge is 0.231 e. The third-order valence-electron chi connectivity index (χ3n) is 3.36. The molecule has 3 rings (SSSR count). The van der Waals surface area contributed by atoms with Crippen LogP contribution < -0.4 is 14.2 Å². The second-order valence-electron chi connectivity index (χ2n) is 4.86. The Morgan fingerprint density at radius 1 is 1.30 bits per heavy atom. The molecule has 0 spiro atoms. The Bertz CT molecular complexity index is 808. The van der Waals surface area contributed by atoms with Gasteiger partial charge in [-0.2, -0.15) is 5.26 Å². The number of ether oxygens (including phenoxy) is 3. The van der Waals surface area contributed by atoms with E-state index in [4.69, 9.17) is 25.8 Å². The van der Waals surface area contributed by atoms with Crippen molar-refractivity contribution in [2.45, 2.75) is 6.92 Å². The maximum atomic E-state index is 9.49. The van der Waals surface area contributed by atoms with Gasteiger partial charge in [0.15, 0.2) is 11.5 Å². The third-order valence-corrected chi connectivity index (χ3v) is 3.60. The zero-order valence-electron chi connectivity index (χ0n) is 12.5. The summed E-state index contributed by atoms with van der Waals surface area (Å²) >= 11 is 6.01. The van der Waals surface area contributed by atoms with E-state index in [9.17, 15) is 5.26 Å². The van der Waals surface area contributed by atoms with Crippen molar-refractivity contribution in [2.24, 2.45) is 0 Å². The molecule has 1 aliphatic rings. The number of fused-ring (bicyclic) bond motifs is 1. The molecule has 4 nitrogen and oxygen atoms in total. The highest BCUT2D eigenvalue weighted by Crippen LogP contribution is 2.39. The van der Waals surface area contributed by atoms with Crippen molar-refractivity contribution in [3.05, 3.63) is 52.5 Å². The van der Waals surface area contributed by atoms with Crippen LogP contribution in [0, 0.1) is 11.3 Å². The van der Waals surface area contributed by atoms with Crippen molar-refractivity contribution in [3.8, 4) is 23.3 Å². The fourth-order valence-corrected chi connectivity index (χ4v) is 2.51. The van der Waals surface area contributed by atoms with Crippen LogP contribution in [0.15, 0.2) is 36.4 Å². The molecular weight excluding hydrogens is 314 g/mol. The van der Waals surface area contributed by atoms with Gasteiger partial charge in [0.05, 0.1) is 18.2 Å². The molecule has 0 saturated carbocycles. The quantitative estimate of drug-likeness (QED) is 0.611. The molecule has 1 heterocycles. The van der Waals surface area contributed by atoms with Gasteiger partial charge in [0.25, 0.3) is 0 Å². The van der Waals surface area contributed by atoms with Gasteiger partial charge in [-0.05, 0) is 36.8 Å². The zero-order chi connectivity index (χ0) is 16.2. The lowest BCUT2D eigenvalue weighted by atomic mass is 10.0. The van der Waals surface area contributed by atoms with Gasteiger partial charge >= 0.3 is 0 Å². The number of nitriles is 1. The summed E-state index contributed by atoms with van der Waals surface area (Å²) in [5, 5.41) is 10.1. The van der Waals surface area contributed by atoms with Gasteiger partial charge in [0, 0.05) is 16.7 Å². The Morgan fingerprint density at radius 3 is 2.78 bits per heavy atom. The molecular formula is C18H14ClNO3. The van der Waals surface area contributed by atoms with Crippen molar-refractivity contribution < 1.29 is 14.2 Å².